The zero-order valence-corrected chi connectivity index (χ0v) is 9.59. The van der Waals surface area contributed by atoms with Crippen molar-refractivity contribution in [3.05, 3.63) is 59.2 Å². The van der Waals surface area contributed by atoms with Crippen LogP contribution in [0.15, 0.2) is 42.5 Å². The summed E-state index contributed by atoms with van der Waals surface area (Å²) in [6.45, 7) is 0. The van der Waals surface area contributed by atoms with Gasteiger partial charge in [0.15, 0.2) is 5.78 Å². The zero-order valence-electron chi connectivity index (χ0n) is 9.59. The van der Waals surface area contributed by atoms with E-state index in [1.165, 1.54) is 0 Å². The van der Waals surface area contributed by atoms with Gasteiger partial charge in [-0.3, -0.25) is 4.79 Å². The minimum absolute atomic E-state index is 0.0815. The van der Waals surface area contributed by atoms with Crippen molar-refractivity contribution in [2.45, 2.75) is 12.0 Å². The number of nitrogen functional groups attached to an aromatic ring is 1. The van der Waals surface area contributed by atoms with Gasteiger partial charge in [0.2, 0.25) is 0 Å². The molecule has 1 aliphatic heterocycles. The molecule has 2 atom stereocenters. The van der Waals surface area contributed by atoms with Gasteiger partial charge in [0, 0.05) is 22.4 Å². The van der Waals surface area contributed by atoms with E-state index in [2.05, 4.69) is 0 Å². The Morgan fingerprint density at radius 1 is 1.00 bits per heavy atom. The third-order valence-corrected chi connectivity index (χ3v) is 3.78. The van der Waals surface area contributed by atoms with Crippen LogP contribution in [-0.4, -0.2) is 5.78 Å². The average molecular weight is 237 g/mol. The number of nitrogens with two attached hydrogens (primary N) is 1. The summed E-state index contributed by atoms with van der Waals surface area (Å²) in [5, 5.41) is 0. The quantitative estimate of drug-likeness (QED) is 0.717. The maximum absolute atomic E-state index is 12.5. The van der Waals surface area contributed by atoms with E-state index in [0.717, 1.165) is 16.9 Å². The zero-order chi connectivity index (χ0) is 12.3. The van der Waals surface area contributed by atoms with Gasteiger partial charge in [0.25, 0.3) is 0 Å². The average Bonchev–Trinajstić information content (AvgIpc) is 2.88. The number of carbonyl (C=O) groups is 1. The van der Waals surface area contributed by atoms with Gasteiger partial charge in [0.05, 0.1) is 5.92 Å². The number of ether oxygens (including phenoxy) is 1. The molecule has 0 amide bonds. The number of carbonyl (C=O) groups excluding carboxylic acids is 1. The third kappa shape index (κ3) is 1.02. The van der Waals surface area contributed by atoms with Gasteiger partial charge >= 0.3 is 0 Å². The highest BCUT2D eigenvalue weighted by Gasteiger charge is 2.48. The SMILES string of the molecule is Nc1cccc2c1C(=O)C1c3ccccc3OC21. The molecule has 0 spiro atoms. The largest absolute Gasteiger partial charge is 0.484 e. The molecule has 0 saturated heterocycles. The Kier molecular flexibility index (Phi) is 1.69. The summed E-state index contributed by atoms with van der Waals surface area (Å²) >= 11 is 0. The summed E-state index contributed by atoms with van der Waals surface area (Å²) in [7, 11) is 0. The smallest absolute Gasteiger partial charge is 0.177 e. The lowest BCUT2D eigenvalue weighted by molar-refractivity contribution is 0.0935. The van der Waals surface area contributed by atoms with Crippen LogP contribution < -0.4 is 10.5 Å². The van der Waals surface area contributed by atoms with E-state index >= 15 is 0 Å². The molecule has 4 rings (SSSR count). The van der Waals surface area contributed by atoms with Crippen molar-refractivity contribution in [2.75, 3.05) is 5.73 Å². The maximum Gasteiger partial charge on any atom is 0.177 e. The molecule has 3 heteroatoms. The van der Waals surface area contributed by atoms with Crippen LogP contribution in [-0.2, 0) is 0 Å². The fourth-order valence-corrected chi connectivity index (χ4v) is 3.00. The Hall–Kier alpha value is -2.29. The van der Waals surface area contributed by atoms with Crippen LogP contribution in [0, 0.1) is 0 Å². The Labute approximate surface area is 104 Å². The van der Waals surface area contributed by atoms with Crippen LogP contribution in [0.2, 0.25) is 0 Å². The number of ketones is 1. The fourth-order valence-electron chi connectivity index (χ4n) is 3.00. The number of rotatable bonds is 0. The van der Waals surface area contributed by atoms with Crippen LogP contribution in [0.1, 0.15) is 33.5 Å². The number of anilines is 1. The topological polar surface area (TPSA) is 52.3 Å². The van der Waals surface area contributed by atoms with Gasteiger partial charge in [-0.05, 0) is 12.1 Å². The molecule has 2 aliphatic rings. The van der Waals surface area contributed by atoms with Crippen LogP contribution in [0.4, 0.5) is 5.69 Å². The van der Waals surface area contributed by atoms with Crippen molar-refractivity contribution in [3.63, 3.8) is 0 Å². The predicted octanol–water partition coefficient (Wildman–Crippen LogP) is 2.68. The normalized spacial score (nSPS) is 23.2. The van der Waals surface area contributed by atoms with Gasteiger partial charge in [-0.25, -0.2) is 0 Å². The molecule has 2 aromatic carbocycles. The second-order valence-corrected chi connectivity index (χ2v) is 4.73. The Morgan fingerprint density at radius 3 is 2.67 bits per heavy atom. The van der Waals surface area contributed by atoms with Crippen LogP contribution in [0.3, 0.4) is 0 Å². The molecule has 3 nitrogen and oxygen atoms in total. The lowest BCUT2D eigenvalue weighted by Crippen LogP contribution is -2.08. The Bertz CT molecular complexity index is 678. The van der Waals surface area contributed by atoms with E-state index in [9.17, 15) is 4.79 Å². The van der Waals surface area contributed by atoms with Gasteiger partial charge < -0.3 is 10.5 Å². The molecular formula is C15H11NO2. The highest BCUT2D eigenvalue weighted by molar-refractivity contribution is 6.10. The molecule has 0 saturated carbocycles. The van der Waals surface area contributed by atoms with E-state index in [4.69, 9.17) is 10.5 Å². The fraction of sp³-hybridized carbons (Fsp3) is 0.133. The van der Waals surface area contributed by atoms with Gasteiger partial charge in [0.1, 0.15) is 11.9 Å². The Morgan fingerprint density at radius 2 is 1.78 bits per heavy atom. The van der Waals surface area contributed by atoms with E-state index < -0.39 is 0 Å². The lowest BCUT2D eigenvalue weighted by Gasteiger charge is -2.09. The summed E-state index contributed by atoms with van der Waals surface area (Å²) in [5.41, 5.74) is 8.99. The Balaban J connectivity index is 1.95. The highest BCUT2D eigenvalue weighted by Crippen LogP contribution is 2.53. The molecule has 0 fully saturated rings. The number of fused-ring (bicyclic) bond motifs is 5. The third-order valence-electron chi connectivity index (χ3n) is 3.78. The number of para-hydroxylation sites is 1. The summed E-state index contributed by atoms with van der Waals surface area (Å²) in [6.07, 6.45) is -0.201. The number of Topliss-reactive ketones (excluding diaryl/α,β-unsaturated/α-hetero) is 1. The van der Waals surface area contributed by atoms with Crippen molar-refractivity contribution in [3.8, 4) is 5.75 Å². The maximum atomic E-state index is 12.5. The van der Waals surface area contributed by atoms with Crippen molar-refractivity contribution < 1.29 is 9.53 Å². The van der Waals surface area contributed by atoms with Crippen LogP contribution >= 0.6 is 0 Å². The molecule has 1 aliphatic carbocycles. The van der Waals surface area contributed by atoms with Crippen molar-refractivity contribution in [1.82, 2.24) is 0 Å². The van der Waals surface area contributed by atoms with E-state index in [1.54, 1.807) is 6.07 Å². The molecule has 18 heavy (non-hydrogen) atoms. The molecule has 2 aromatic rings. The lowest BCUT2D eigenvalue weighted by atomic mass is 9.95. The number of hydrogen-bond donors (Lipinski definition) is 1. The van der Waals surface area contributed by atoms with Crippen molar-refractivity contribution in [1.29, 1.82) is 0 Å². The van der Waals surface area contributed by atoms with Crippen LogP contribution in [0.5, 0.6) is 5.75 Å². The molecule has 0 radical (unpaired) electrons. The van der Waals surface area contributed by atoms with E-state index in [-0.39, 0.29) is 17.8 Å². The highest BCUT2D eigenvalue weighted by atomic mass is 16.5. The van der Waals surface area contributed by atoms with E-state index in [0.29, 0.717) is 11.3 Å². The van der Waals surface area contributed by atoms with Crippen LogP contribution in [0.25, 0.3) is 0 Å². The minimum Gasteiger partial charge on any atom is -0.484 e. The molecule has 2 unspecified atom stereocenters. The van der Waals surface area contributed by atoms with E-state index in [1.807, 2.05) is 36.4 Å². The first kappa shape index (κ1) is 9.71. The first-order valence-electron chi connectivity index (χ1n) is 5.95. The first-order chi connectivity index (χ1) is 8.77. The monoisotopic (exact) mass is 237 g/mol. The summed E-state index contributed by atoms with van der Waals surface area (Å²) in [5.74, 6) is 0.674. The minimum atomic E-state index is -0.221. The molecule has 88 valence electrons. The first-order valence-corrected chi connectivity index (χ1v) is 5.95. The molecular weight excluding hydrogens is 226 g/mol. The van der Waals surface area contributed by atoms with Gasteiger partial charge in [-0.1, -0.05) is 30.3 Å². The standard InChI is InChI=1S/C15H11NO2/c16-10-6-3-5-9-12(10)14(17)13-8-4-1-2-7-11(8)18-15(9)13/h1-7,13,15H,16H2. The summed E-state index contributed by atoms with van der Waals surface area (Å²) in [4.78, 5) is 12.5. The predicted molar refractivity (Wildman–Crippen MR) is 67.7 cm³/mol. The molecule has 2 N–H and O–H groups in total. The van der Waals surface area contributed by atoms with Crippen molar-refractivity contribution in [2.24, 2.45) is 0 Å². The molecule has 0 aromatic heterocycles. The molecule has 1 heterocycles. The van der Waals surface area contributed by atoms with Crippen molar-refractivity contribution >= 4 is 11.5 Å². The van der Waals surface area contributed by atoms with Gasteiger partial charge in [-0.15, -0.1) is 0 Å². The number of hydrogen-bond acceptors (Lipinski definition) is 3. The summed E-state index contributed by atoms with van der Waals surface area (Å²) in [6, 6.07) is 13.3. The second-order valence-electron chi connectivity index (χ2n) is 4.73. The number of benzene rings is 2. The molecule has 0 bridgehead atoms. The van der Waals surface area contributed by atoms with Gasteiger partial charge in [-0.2, -0.15) is 0 Å². The summed E-state index contributed by atoms with van der Waals surface area (Å²) < 4.78 is 5.91. The second kappa shape index (κ2) is 3.13.